The minimum Gasteiger partial charge on any atom is -0.310 e. The molecule has 0 unspecified atom stereocenters. The topological polar surface area (TPSA) is 3.24 Å². The first-order valence-electron chi connectivity index (χ1n) is 19.6. The summed E-state index contributed by atoms with van der Waals surface area (Å²) in [6, 6.07) is 48.3. The number of benzene rings is 7. The Labute approximate surface area is 300 Å². The van der Waals surface area contributed by atoms with E-state index >= 15 is 0 Å². The zero-order valence-electron chi connectivity index (χ0n) is 29.3. The first-order chi connectivity index (χ1) is 25.4. The normalized spacial score (nSPS) is 16.5. The van der Waals surface area contributed by atoms with Gasteiger partial charge in [-0.1, -0.05) is 136 Å². The van der Waals surface area contributed by atoms with Crippen molar-refractivity contribution >= 4 is 81.7 Å². The maximum absolute atomic E-state index is 2.51. The van der Waals surface area contributed by atoms with Gasteiger partial charge in [0.1, 0.15) is 0 Å². The summed E-state index contributed by atoms with van der Waals surface area (Å²) < 4.78 is 0. The van der Waals surface area contributed by atoms with Crippen LogP contribution in [0.2, 0.25) is 0 Å². The van der Waals surface area contributed by atoms with E-state index in [0.29, 0.717) is 11.8 Å². The summed E-state index contributed by atoms with van der Waals surface area (Å²) in [5.41, 5.74) is 6.96. The quantitative estimate of drug-likeness (QED) is 0.178. The zero-order chi connectivity index (χ0) is 33.5. The summed E-state index contributed by atoms with van der Waals surface area (Å²) in [6.07, 6.45) is 13.2. The maximum atomic E-state index is 2.51. The molecule has 1 nitrogen and oxygen atoms in total. The van der Waals surface area contributed by atoms with E-state index in [1.165, 1.54) is 124 Å². The van der Waals surface area contributed by atoms with Gasteiger partial charge in [-0.05, 0) is 138 Å². The van der Waals surface area contributed by atoms with Gasteiger partial charge in [-0.2, -0.15) is 0 Å². The summed E-state index contributed by atoms with van der Waals surface area (Å²) in [5, 5.41) is 17.9. The van der Waals surface area contributed by atoms with Crippen LogP contribution in [0.1, 0.15) is 87.2 Å². The molecule has 0 spiro atoms. The van der Waals surface area contributed by atoms with Gasteiger partial charge in [-0.15, -0.1) is 0 Å². The van der Waals surface area contributed by atoms with Gasteiger partial charge in [0.05, 0.1) is 5.69 Å². The molecule has 2 aliphatic rings. The van der Waals surface area contributed by atoms with Crippen LogP contribution in [0, 0.1) is 0 Å². The van der Waals surface area contributed by atoms with Crippen molar-refractivity contribution in [2.24, 2.45) is 0 Å². The smallest absolute Gasteiger partial charge is 0.0540 e. The fourth-order valence-corrected chi connectivity index (χ4v) is 10.8. The third-order valence-electron chi connectivity index (χ3n) is 12.9. The Morgan fingerprint density at radius 3 is 1.27 bits per heavy atom. The number of hydrogen-bond donors (Lipinski definition) is 0. The second-order valence-corrected chi connectivity index (χ2v) is 15.6. The molecule has 0 N–H and O–H groups in total. The molecule has 0 radical (unpaired) electrons. The molecule has 0 aromatic heterocycles. The van der Waals surface area contributed by atoms with Gasteiger partial charge in [0.25, 0.3) is 0 Å². The predicted molar refractivity (Wildman–Crippen MR) is 220 cm³/mol. The molecule has 0 atom stereocenters. The molecule has 9 aromatic rings. The highest BCUT2D eigenvalue weighted by Crippen LogP contribution is 2.57. The average molecular weight is 658 g/mol. The molecule has 2 aliphatic carbocycles. The minimum absolute atomic E-state index is 0.584. The summed E-state index contributed by atoms with van der Waals surface area (Å²) >= 11 is 0. The number of fused-ring (bicyclic) bond motifs is 6. The highest BCUT2D eigenvalue weighted by molar-refractivity contribution is 6.41. The van der Waals surface area contributed by atoms with Crippen LogP contribution in [-0.4, -0.2) is 0 Å². The van der Waals surface area contributed by atoms with Gasteiger partial charge in [0.2, 0.25) is 0 Å². The molecular formula is C50H43N. The Balaban J connectivity index is 1.34. The predicted octanol–water partition coefficient (Wildman–Crippen LogP) is 15.0. The summed E-state index contributed by atoms with van der Waals surface area (Å²) in [6.45, 7) is 0. The average Bonchev–Trinajstić information content (AvgIpc) is 3.71. The third kappa shape index (κ3) is 4.34. The van der Waals surface area contributed by atoms with Crippen molar-refractivity contribution in [2.75, 3.05) is 4.90 Å². The number of para-hydroxylation sites is 2. The molecule has 11 rings (SSSR count). The second kappa shape index (κ2) is 11.7. The number of anilines is 3. The Morgan fingerprint density at radius 1 is 0.333 bits per heavy atom. The van der Waals surface area contributed by atoms with E-state index in [0.717, 1.165) is 0 Å². The molecule has 51 heavy (non-hydrogen) atoms. The van der Waals surface area contributed by atoms with Gasteiger partial charge >= 0.3 is 0 Å². The number of rotatable bonds is 5. The van der Waals surface area contributed by atoms with E-state index in [9.17, 15) is 0 Å². The third-order valence-corrected chi connectivity index (χ3v) is 12.9. The Bertz CT molecular complexity index is 2550. The molecule has 0 aliphatic heterocycles. The van der Waals surface area contributed by atoms with Crippen molar-refractivity contribution in [3.8, 4) is 0 Å². The number of nitrogens with zero attached hydrogens (tertiary/aromatic N) is 1. The summed E-state index contributed by atoms with van der Waals surface area (Å²) in [5.74, 6) is 1.17. The molecule has 0 bridgehead atoms. The van der Waals surface area contributed by atoms with Crippen molar-refractivity contribution < 1.29 is 0 Å². The van der Waals surface area contributed by atoms with Crippen LogP contribution in [-0.2, 0) is 0 Å². The van der Waals surface area contributed by atoms with E-state index < -0.39 is 0 Å². The van der Waals surface area contributed by atoms with Crippen LogP contribution in [0.25, 0.3) is 64.6 Å². The second-order valence-electron chi connectivity index (χ2n) is 15.6. The Hall–Kier alpha value is -5.14. The van der Waals surface area contributed by atoms with E-state index in [2.05, 4.69) is 132 Å². The lowest BCUT2D eigenvalue weighted by molar-refractivity contribution is 0.445. The molecule has 0 heterocycles. The van der Waals surface area contributed by atoms with Crippen LogP contribution >= 0.6 is 0 Å². The van der Waals surface area contributed by atoms with E-state index in [-0.39, 0.29) is 0 Å². The Kier molecular flexibility index (Phi) is 6.79. The van der Waals surface area contributed by atoms with Crippen molar-refractivity contribution in [2.45, 2.75) is 76.0 Å². The van der Waals surface area contributed by atoms with Gasteiger partial charge in [-0.25, -0.2) is 0 Å². The highest BCUT2D eigenvalue weighted by atomic mass is 15.1. The molecule has 9 aromatic carbocycles. The van der Waals surface area contributed by atoms with Gasteiger partial charge in [-0.3, -0.25) is 0 Å². The van der Waals surface area contributed by atoms with Crippen molar-refractivity contribution in [1.82, 2.24) is 0 Å². The SMILES string of the molecule is c1ccc(N(c2ccccc2)c2ccc3c4c(C5CCCCC5)c5c6cccc7cccc(c5c(C5CCCCC5)c4c4cccc2c43)c76)cc1. The highest BCUT2D eigenvalue weighted by Gasteiger charge is 2.33. The monoisotopic (exact) mass is 657 g/mol. The summed E-state index contributed by atoms with van der Waals surface area (Å²) in [7, 11) is 0. The largest absolute Gasteiger partial charge is 0.310 e. The first-order valence-corrected chi connectivity index (χ1v) is 19.6. The first kappa shape index (κ1) is 29.6. The van der Waals surface area contributed by atoms with Crippen LogP contribution in [0.4, 0.5) is 17.1 Å². The van der Waals surface area contributed by atoms with Gasteiger partial charge < -0.3 is 4.90 Å². The molecule has 0 amide bonds. The molecule has 0 saturated heterocycles. The van der Waals surface area contributed by atoms with Crippen molar-refractivity contribution in [1.29, 1.82) is 0 Å². The van der Waals surface area contributed by atoms with Gasteiger partial charge in [0.15, 0.2) is 0 Å². The van der Waals surface area contributed by atoms with E-state index in [4.69, 9.17) is 0 Å². The van der Waals surface area contributed by atoms with Crippen LogP contribution in [0.15, 0.2) is 127 Å². The maximum Gasteiger partial charge on any atom is 0.0540 e. The van der Waals surface area contributed by atoms with Crippen LogP contribution in [0.3, 0.4) is 0 Å². The number of hydrogen-bond acceptors (Lipinski definition) is 1. The lowest BCUT2D eigenvalue weighted by Crippen LogP contribution is -2.10. The minimum atomic E-state index is 0.584. The zero-order valence-corrected chi connectivity index (χ0v) is 29.3. The summed E-state index contributed by atoms with van der Waals surface area (Å²) in [4.78, 5) is 2.47. The van der Waals surface area contributed by atoms with Crippen molar-refractivity contribution in [3.05, 3.63) is 139 Å². The van der Waals surface area contributed by atoms with Gasteiger partial charge in [0, 0.05) is 16.8 Å². The molecule has 2 saturated carbocycles. The lowest BCUT2D eigenvalue weighted by Gasteiger charge is -2.29. The molecule has 2 fully saturated rings. The molecule has 248 valence electrons. The van der Waals surface area contributed by atoms with Crippen LogP contribution < -0.4 is 4.90 Å². The van der Waals surface area contributed by atoms with Crippen LogP contribution in [0.5, 0.6) is 0 Å². The van der Waals surface area contributed by atoms with Crippen molar-refractivity contribution in [3.63, 3.8) is 0 Å². The fourth-order valence-electron chi connectivity index (χ4n) is 10.8. The lowest BCUT2D eigenvalue weighted by atomic mass is 9.75. The van der Waals surface area contributed by atoms with E-state index in [1.807, 2.05) is 0 Å². The van der Waals surface area contributed by atoms with E-state index in [1.54, 1.807) is 32.7 Å². The molecular weight excluding hydrogens is 615 g/mol. The Morgan fingerprint density at radius 2 is 0.765 bits per heavy atom. The molecule has 1 heteroatoms. The fraction of sp³-hybridized carbons (Fsp3) is 0.240. The standard InChI is InChI=1S/C50H43N/c1-5-16-33(17-6-1)44-47-38-27-13-20-32-21-14-28-39(43(32)38)48(47)45(34-18-7-2-8-19-34)50-41-30-31-42(37-26-15-29-40(46(37)41)49(44)50)51(35-22-9-3-10-23-35)36-24-11-4-12-25-36/h3-4,9-15,20-31,33-34H,1-2,5-8,16-19H2.